The molecule has 2 heterocycles. The first kappa shape index (κ1) is 20.2. The van der Waals surface area contributed by atoms with E-state index >= 15 is 0 Å². The summed E-state index contributed by atoms with van der Waals surface area (Å²) >= 11 is 0. The number of alkyl carbamates (subject to hydrolysis) is 1. The summed E-state index contributed by atoms with van der Waals surface area (Å²) in [5.41, 5.74) is 2.41. The number of esters is 1. The predicted molar refractivity (Wildman–Crippen MR) is 107 cm³/mol. The molecule has 0 aliphatic carbocycles. The van der Waals surface area contributed by atoms with Gasteiger partial charge >= 0.3 is 12.1 Å². The first-order valence-corrected chi connectivity index (χ1v) is 9.55. The number of cyclic esters (lactones) is 1. The number of aromatic nitrogens is 1. The number of amides is 1. The normalized spacial score (nSPS) is 18.2. The second kappa shape index (κ2) is 7.83. The number of rotatable bonds is 6. The molecule has 1 fully saturated rings. The molecule has 2 unspecified atom stereocenters. The van der Waals surface area contributed by atoms with Crippen LogP contribution in [0.4, 0.5) is 4.79 Å². The van der Waals surface area contributed by atoms with E-state index in [-0.39, 0.29) is 12.6 Å². The lowest BCUT2D eigenvalue weighted by Gasteiger charge is -2.26. The Bertz CT molecular complexity index is 866. The molecule has 7 nitrogen and oxygen atoms in total. The molecular weight excluding hydrogens is 358 g/mol. The molecule has 0 saturated carbocycles. The van der Waals surface area contributed by atoms with Crippen molar-refractivity contribution < 1.29 is 19.1 Å². The molecule has 2 atom stereocenters. The van der Waals surface area contributed by atoms with Gasteiger partial charge in [0, 0.05) is 23.6 Å². The van der Waals surface area contributed by atoms with Crippen LogP contribution in [0.5, 0.6) is 0 Å². The van der Waals surface area contributed by atoms with Crippen LogP contribution >= 0.6 is 0 Å². The smallest absolute Gasteiger partial charge is 0.407 e. The summed E-state index contributed by atoms with van der Waals surface area (Å²) in [6.45, 7) is 6.57. The van der Waals surface area contributed by atoms with Crippen molar-refractivity contribution in [3.63, 3.8) is 0 Å². The molecule has 152 valence electrons. The molecule has 2 N–H and O–H groups in total. The molecule has 1 aromatic heterocycles. The Kier molecular flexibility index (Phi) is 5.65. The van der Waals surface area contributed by atoms with E-state index in [0.29, 0.717) is 0 Å². The van der Waals surface area contributed by atoms with Gasteiger partial charge in [0.25, 0.3) is 0 Å². The predicted octanol–water partition coefficient (Wildman–Crippen LogP) is 2.81. The highest BCUT2D eigenvalue weighted by Crippen LogP contribution is 2.30. The summed E-state index contributed by atoms with van der Waals surface area (Å²) in [5.74, 6) is -1.00. The third kappa shape index (κ3) is 4.65. The molecule has 0 radical (unpaired) electrons. The number of aromatic amines is 1. The number of nitrogens with one attached hydrogen (secondary N) is 2. The van der Waals surface area contributed by atoms with Gasteiger partial charge in [-0.2, -0.15) is 0 Å². The molecule has 3 rings (SSSR count). The minimum Gasteiger partial charge on any atom is -0.459 e. The van der Waals surface area contributed by atoms with Gasteiger partial charge in [-0.1, -0.05) is 6.07 Å². The highest BCUT2D eigenvalue weighted by molar-refractivity contribution is 5.87. The topological polar surface area (TPSA) is 83.7 Å². The first-order chi connectivity index (χ1) is 13.1. The third-order valence-corrected chi connectivity index (χ3v) is 4.74. The molecular formula is C21H29N3O4. The van der Waals surface area contributed by atoms with E-state index in [1.807, 2.05) is 59.3 Å². The Hall–Kier alpha value is -2.54. The van der Waals surface area contributed by atoms with E-state index in [0.717, 1.165) is 29.4 Å². The maximum Gasteiger partial charge on any atom is 0.407 e. The zero-order valence-corrected chi connectivity index (χ0v) is 17.2. The van der Waals surface area contributed by atoms with E-state index in [1.165, 1.54) is 5.56 Å². The summed E-state index contributed by atoms with van der Waals surface area (Å²) in [6.07, 6.45) is 2.41. The third-order valence-electron chi connectivity index (χ3n) is 4.74. The zero-order chi connectivity index (χ0) is 20.5. The van der Waals surface area contributed by atoms with Crippen molar-refractivity contribution in [1.82, 2.24) is 15.2 Å². The van der Waals surface area contributed by atoms with Crippen LogP contribution in [-0.2, 0) is 20.7 Å². The van der Waals surface area contributed by atoms with Crippen molar-refractivity contribution in [3.8, 4) is 0 Å². The summed E-state index contributed by atoms with van der Waals surface area (Å²) in [7, 11) is 4.09. The lowest BCUT2D eigenvalue weighted by molar-refractivity contribution is -0.157. The van der Waals surface area contributed by atoms with Crippen LogP contribution in [-0.4, -0.2) is 60.8 Å². The van der Waals surface area contributed by atoms with Crippen molar-refractivity contribution in [1.29, 1.82) is 0 Å². The van der Waals surface area contributed by atoms with Gasteiger partial charge in [0.2, 0.25) is 0 Å². The quantitative estimate of drug-likeness (QED) is 0.745. The average Bonchev–Trinajstić information content (AvgIpc) is 3.17. The number of benzene rings is 1. The second-order valence-corrected chi connectivity index (χ2v) is 8.53. The Morgan fingerprint density at radius 3 is 2.71 bits per heavy atom. The number of hydrogen-bond donors (Lipinski definition) is 2. The molecule has 1 saturated heterocycles. The number of carbonyl (C=O) groups is 2. The lowest BCUT2D eigenvalue weighted by Crippen LogP contribution is -2.40. The van der Waals surface area contributed by atoms with Crippen LogP contribution in [0.15, 0.2) is 24.4 Å². The van der Waals surface area contributed by atoms with Crippen LogP contribution in [0.1, 0.15) is 37.8 Å². The van der Waals surface area contributed by atoms with Gasteiger partial charge in [0.1, 0.15) is 18.1 Å². The molecule has 1 amide bonds. The van der Waals surface area contributed by atoms with Crippen molar-refractivity contribution in [2.45, 2.75) is 44.8 Å². The number of fused-ring (bicyclic) bond motifs is 1. The van der Waals surface area contributed by atoms with Crippen LogP contribution in [0.25, 0.3) is 10.9 Å². The minimum atomic E-state index is -0.633. The van der Waals surface area contributed by atoms with Gasteiger partial charge < -0.3 is 24.7 Å². The maximum atomic E-state index is 13.0. The monoisotopic (exact) mass is 387 g/mol. The Labute approximate surface area is 165 Å². The van der Waals surface area contributed by atoms with E-state index < -0.39 is 23.7 Å². The lowest BCUT2D eigenvalue weighted by atomic mass is 9.90. The summed E-state index contributed by atoms with van der Waals surface area (Å²) in [4.78, 5) is 30.0. The number of hydrogen-bond acceptors (Lipinski definition) is 5. The van der Waals surface area contributed by atoms with Crippen molar-refractivity contribution in [2.75, 3.05) is 27.2 Å². The number of ether oxygens (including phenoxy) is 2. The van der Waals surface area contributed by atoms with Crippen molar-refractivity contribution >= 4 is 23.0 Å². The molecule has 0 spiro atoms. The van der Waals surface area contributed by atoms with E-state index in [9.17, 15) is 9.59 Å². The van der Waals surface area contributed by atoms with Crippen LogP contribution in [0.3, 0.4) is 0 Å². The molecule has 1 aromatic carbocycles. The zero-order valence-electron chi connectivity index (χ0n) is 17.2. The van der Waals surface area contributed by atoms with E-state index in [4.69, 9.17) is 9.47 Å². The van der Waals surface area contributed by atoms with E-state index in [1.54, 1.807) is 0 Å². The summed E-state index contributed by atoms with van der Waals surface area (Å²) in [5, 5.41) is 3.82. The minimum absolute atomic E-state index is 0.140. The maximum absolute atomic E-state index is 13.0. The molecule has 2 aromatic rings. The standard InChI is InChI=1S/C21H29N3O4/c1-21(2,3)28-19(25)18(17-12-27-20(26)23-17)13-6-7-16-15(10-13)14(11-22-16)8-9-24(4)5/h6-7,10-11,17-18,22H,8-9,12H2,1-5H3,(H,23,26). The highest BCUT2D eigenvalue weighted by Gasteiger charge is 2.38. The van der Waals surface area contributed by atoms with Gasteiger partial charge in [-0.05, 0) is 64.5 Å². The fourth-order valence-corrected chi connectivity index (χ4v) is 3.42. The largest absolute Gasteiger partial charge is 0.459 e. The van der Waals surface area contributed by atoms with Gasteiger partial charge in [-0.15, -0.1) is 0 Å². The fourth-order valence-electron chi connectivity index (χ4n) is 3.42. The number of H-pyrrole nitrogens is 1. The molecule has 1 aliphatic rings. The van der Waals surface area contributed by atoms with Crippen LogP contribution in [0, 0.1) is 0 Å². The summed E-state index contributed by atoms with van der Waals surface area (Å²) < 4.78 is 10.7. The van der Waals surface area contributed by atoms with Gasteiger partial charge in [0.15, 0.2) is 0 Å². The average molecular weight is 387 g/mol. The first-order valence-electron chi connectivity index (χ1n) is 9.55. The van der Waals surface area contributed by atoms with E-state index in [2.05, 4.69) is 15.2 Å². The van der Waals surface area contributed by atoms with Gasteiger partial charge in [-0.25, -0.2) is 4.79 Å². The van der Waals surface area contributed by atoms with Gasteiger partial charge in [-0.3, -0.25) is 4.79 Å². The molecule has 28 heavy (non-hydrogen) atoms. The van der Waals surface area contributed by atoms with Crippen molar-refractivity contribution in [3.05, 3.63) is 35.5 Å². The molecule has 0 bridgehead atoms. The van der Waals surface area contributed by atoms with Crippen LogP contribution < -0.4 is 5.32 Å². The Balaban J connectivity index is 1.96. The number of carbonyl (C=O) groups excluding carboxylic acids is 2. The highest BCUT2D eigenvalue weighted by atomic mass is 16.6. The Morgan fingerprint density at radius 1 is 1.36 bits per heavy atom. The Morgan fingerprint density at radius 2 is 2.11 bits per heavy atom. The van der Waals surface area contributed by atoms with Crippen LogP contribution in [0.2, 0.25) is 0 Å². The number of likely N-dealkylation sites (N-methyl/N-ethyl adjacent to an activating group) is 1. The van der Waals surface area contributed by atoms with Gasteiger partial charge in [0.05, 0.1) is 6.04 Å². The molecule has 1 aliphatic heterocycles. The number of nitrogens with zero attached hydrogens (tertiary/aromatic N) is 1. The SMILES string of the molecule is CN(C)CCc1c[nH]c2ccc(C(C(=O)OC(C)(C)C)C3COC(=O)N3)cc12. The van der Waals surface area contributed by atoms with Crippen molar-refractivity contribution in [2.24, 2.45) is 0 Å². The second-order valence-electron chi connectivity index (χ2n) is 8.53. The summed E-state index contributed by atoms with van der Waals surface area (Å²) in [6, 6.07) is 5.45. The molecule has 7 heteroatoms. The fraction of sp³-hybridized carbons (Fsp3) is 0.524.